The van der Waals surface area contributed by atoms with Gasteiger partial charge in [-0.25, -0.2) is 0 Å². The monoisotopic (exact) mass is 438 g/mol. The van der Waals surface area contributed by atoms with Gasteiger partial charge in [-0.05, 0) is 69.4 Å². The van der Waals surface area contributed by atoms with Crippen LogP contribution >= 0.6 is 45.2 Å². The van der Waals surface area contributed by atoms with E-state index in [1.54, 1.807) is 0 Å². The van der Waals surface area contributed by atoms with Gasteiger partial charge in [-0.15, -0.1) is 0 Å². The van der Waals surface area contributed by atoms with Gasteiger partial charge in [0.15, 0.2) is 11.5 Å². The lowest BCUT2D eigenvalue weighted by molar-refractivity contribution is -0.102. The Balaban J connectivity index is 2.09. The van der Waals surface area contributed by atoms with Crippen molar-refractivity contribution < 1.29 is 9.78 Å². The first kappa shape index (κ1) is 12.0. The normalized spacial score (nSPS) is 9.88. The van der Waals surface area contributed by atoms with Crippen LogP contribution in [-0.2, 0) is 0 Å². The highest BCUT2D eigenvalue weighted by Gasteiger charge is 2.04. The summed E-state index contributed by atoms with van der Waals surface area (Å²) in [5, 5.41) is 0. The summed E-state index contributed by atoms with van der Waals surface area (Å²) in [5.74, 6) is 1.45. The zero-order chi connectivity index (χ0) is 11.4. The minimum atomic E-state index is 0.725. The van der Waals surface area contributed by atoms with Crippen LogP contribution in [0.1, 0.15) is 0 Å². The summed E-state index contributed by atoms with van der Waals surface area (Å²) >= 11 is 4.41. The van der Waals surface area contributed by atoms with Gasteiger partial charge in [0, 0.05) is 0 Å². The molecule has 0 aliphatic carbocycles. The van der Waals surface area contributed by atoms with Crippen LogP contribution in [-0.4, -0.2) is 0 Å². The third kappa shape index (κ3) is 3.00. The molecule has 0 aliphatic rings. The average molecular weight is 438 g/mol. The molecule has 0 aromatic heterocycles. The first-order valence-corrected chi connectivity index (χ1v) is 6.77. The van der Waals surface area contributed by atoms with Crippen LogP contribution in [0.5, 0.6) is 11.5 Å². The van der Waals surface area contributed by atoms with Crippen molar-refractivity contribution in [3.8, 4) is 11.5 Å². The van der Waals surface area contributed by atoms with Crippen molar-refractivity contribution in [3.63, 3.8) is 0 Å². The Morgan fingerprint density at radius 2 is 1.00 bits per heavy atom. The van der Waals surface area contributed by atoms with E-state index in [1.165, 1.54) is 0 Å². The summed E-state index contributed by atoms with van der Waals surface area (Å²) in [6.07, 6.45) is 0. The molecule has 16 heavy (non-hydrogen) atoms. The summed E-state index contributed by atoms with van der Waals surface area (Å²) in [6, 6.07) is 15.4. The number of hydrogen-bond donors (Lipinski definition) is 0. The van der Waals surface area contributed by atoms with Gasteiger partial charge in [0.1, 0.15) is 0 Å². The molecule has 0 bridgehead atoms. The molecule has 4 heteroatoms. The van der Waals surface area contributed by atoms with Crippen molar-refractivity contribution >= 4 is 45.2 Å². The fourth-order valence-corrected chi connectivity index (χ4v) is 2.07. The van der Waals surface area contributed by atoms with E-state index in [1.807, 2.05) is 48.5 Å². The molecule has 2 aromatic carbocycles. The highest BCUT2D eigenvalue weighted by molar-refractivity contribution is 14.1. The van der Waals surface area contributed by atoms with Crippen LogP contribution in [0.3, 0.4) is 0 Å². The highest BCUT2D eigenvalue weighted by Crippen LogP contribution is 2.24. The number of benzene rings is 2. The lowest BCUT2D eigenvalue weighted by Crippen LogP contribution is -2.02. The minimum Gasteiger partial charge on any atom is -0.289 e. The molecule has 0 aliphatic heterocycles. The summed E-state index contributed by atoms with van der Waals surface area (Å²) in [4.78, 5) is 10.6. The Hall–Kier alpha value is -0.500. The fraction of sp³-hybridized carbons (Fsp3) is 0. The van der Waals surface area contributed by atoms with Crippen molar-refractivity contribution in [1.29, 1.82) is 0 Å². The van der Waals surface area contributed by atoms with E-state index in [0.717, 1.165) is 18.6 Å². The molecule has 0 spiro atoms. The zero-order valence-corrected chi connectivity index (χ0v) is 12.5. The molecule has 0 saturated heterocycles. The Bertz CT molecular complexity index is 440. The van der Waals surface area contributed by atoms with Crippen molar-refractivity contribution in [3.05, 3.63) is 55.7 Å². The maximum Gasteiger partial charge on any atom is 0.191 e. The van der Waals surface area contributed by atoms with Gasteiger partial charge in [-0.1, -0.05) is 24.3 Å². The van der Waals surface area contributed by atoms with E-state index in [4.69, 9.17) is 9.78 Å². The van der Waals surface area contributed by atoms with Crippen LogP contribution < -0.4 is 9.78 Å². The van der Waals surface area contributed by atoms with Gasteiger partial charge >= 0.3 is 0 Å². The van der Waals surface area contributed by atoms with Gasteiger partial charge in [0.25, 0.3) is 0 Å². The van der Waals surface area contributed by atoms with Crippen molar-refractivity contribution in [2.75, 3.05) is 0 Å². The molecule has 0 heterocycles. The molecule has 0 atom stereocenters. The minimum absolute atomic E-state index is 0.725. The molecule has 0 unspecified atom stereocenters. The van der Waals surface area contributed by atoms with Crippen LogP contribution in [0, 0.1) is 7.14 Å². The second-order valence-electron chi connectivity index (χ2n) is 3.03. The lowest BCUT2D eigenvalue weighted by atomic mass is 10.3. The Labute approximate surface area is 121 Å². The fourth-order valence-electron chi connectivity index (χ4n) is 1.11. The third-order valence-electron chi connectivity index (χ3n) is 1.89. The van der Waals surface area contributed by atoms with Crippen LogP contribution in [0.4, 0.5) is 0 Å². The number of halogens is 2. The van der Waals surface area contributed by atoms with Crippen LogP contribution in [0.2, 0.25) is 0 Å². The summed E-state index contributed by atoms with van der Waals surface area (Å²) in [7, 11) is 0. The van der Waals surface area contributed by atoms with E-state index in [9.17, 15) is 0 Å². The highest BCUT2D eigenvalue weighted by atomic mass is 127. The Morgan fingerprint density at radius 3 is 1.38 bits per heavy atom. The third-order valence-corrected chi connectivity index (χ3v) is 3.68. The second-order valence-corrected chi connectivity index (χ2v) is 5.35. The molecule has 0 N–H and O–H groups in total. The predicted molar refractivity (Wildman–Crippen MR) is 79.6 cm³/mol. The Morgan fingerprint density at radius 1 is 0.625 bits per heavy atom. The number of hydrogen-bond acceptors (Lipinski definition) is 2. The topological polar surface area (TPSA) is 18.5 Å². The maximum atomic E-state index is 5.29. The van der Waals surface area contributed by atoms with E-state index < -0.39 is 0 Å². The molecular weight excluding hydrogens is 430 g/mol. The molecule has 0 amide bonds. The van der Waals surface area contributed by atoms with Crippen LogP contribution in [0.15, 0.2) is 48.5 Å². The standard InChI is InChI=1S/C12H8I2O2/c13-9-5-1-3-7-11(9)15-16-12-8-4-2-6-10(12)14/h1-8H. The maximum absolute atomic E-state index is 5.29. The van der Waals surface area contributed by atoms with Crippen molar-refractivity contribution in [2.24, 2.45) is 0 Å². The van der Waals surface area contributed by atoms with Gasteiger partial charge in [0.05, 0.1) is 7.14 Å². The van der Waals surface area contributed by atoms with E-state index in [0.29, 0.717) is 0 Å². The number of rotatable bonds is 3. The molecule has 0 saturated carbocycles. The molecular formula is C12H8I2O2. The predicted octanol–water partition coefficient (Wildman–Crippen LogP) is 4.27. The smallest absolute Gasteiger partial charge is 0.191 e. The summed E-state index contributed by atoms with van der Waals surface area (Å²) in [5.41, 5.74) is 0. The first-order chi connectivity index (χ1) is 7.77. The van der Waals surface area contributed by atoms with Crippen LogP contribution in [0.25, 0.3) is 0 Å². The Kier molecular flexibility index (Phi) is 4.28. The first-order valence-electron chi connectivity index (χ1n) is 4.61. The largest absolute Gasteiger partial charge is 0.289 e. The molecule has 2 rings (SSSR count). The summed E-state index contributed by atoms with van der Waals surface area (Å²) in [6.45, 7) is 0. The average Bonchev–Trinajstić information content (AvgIpc) is 2.30. The molecule has 2 nitrogen and oxygen atoms in total. The SMILES string of the molecule is Ic1ccccc1OOc1ccccc1I. The van der Waals surface area contributed by atoms with E-state index >= 15 is 0 Å². The second kappa shape index (κ2) is 5.72. The summed E-state index contributed by atoms with van der Waals surface area (Å²) < 4.78 is 2.04. The zero-order valence-electron chi connectivity index (χ0n) is 8.19. The molecule has 82 valence electrons. The molecule has 0 fully saturated rings. The van der Waals surface area contributed by atoms with E-state index in [2.05, 4.69) is 45.2 Å². The molecule has 0 radical (unpaired) electrons. The lowest BCUT2D eigenvalue weighted by Gasteiger charge is -2.07. The molecule has 2 aromatic rings. The van der Waals surface area contributed by atoms with E-state index in [-0.39, 0.29) is 0 Å². The quantitative estimate of drug-likeness (QED) is 0.405. The van der Waals surface area contributed by atoms with Gasteiger partial charge in [-0.2, -0.15) is 0 Å². The number of para-hydroxylation sites is 2. The van der Waals surface area contributed by atoms with Gasteiger partial charge < -0.3 is 0 Å². The van der Waals surface area contributed by atoms with Crippen molar-refractivity contribution in [1.82, 2.24) is 0 Å². The van der Waals surface area contributed by atoms with Crippen molar-refractivity contribution in [2.45, 2.75) is 0 Å². The van der Waals surface area contributed by atoms with Gasteiger partial charge in [-0.3, -0.25) is 9.78 Å². The van der Waals surface area contributed by atoms with Gasteiger partial charge in [0.2, 0.25) is 0 Å².